The molecular formula is C25H32N8OS. The van der Waals surface area contributed by atoms with Crippen molar-refractivity contribution in [3.05, 3.63) is 41.6 Å². The second kappa shape index (κ2) is 10.2. The molecule has 3 aromatic rings. The molecule has 0 bridgehead atoms. The zero-order valence-electron chi connectivity index (χ0n) is 20.5. The van der Waals surface area contributed by atoms with Crippen LogP contribution in [-0.2, 0) is 11.2 Å². The second-order valence-electron chi connectivity index (χ2n) is 9.25. The lowest BCUT2D eigenvalue weighted by atomic mass is 10.2. The van der Waals surface area contributed by atoms with Crippen LogP contribution in [0.5, 0.6) is 0 Å². The summed E-state index contributed by atoms with van der Waals surface area (Å²) in [5.41, 5.74) is 2.91. The maximum Gasteiger partial charge on any atom is 0.227 e. The van der Waals surface area contributed by atoms with Gasteiger partial charge in [-0.05, 0) is 69.3 Å². The highest BCUT2D eigenvalue weighted by Gasteiger charge is 2.29. The van der Waals surface area contributed by atoms with E-state index < -0.39 is 0 Å². The van der Waals surface area contributed by atoms with Crippen molar-refractivity contribution in [1.82, 2.24) is 25.1 Å². The van der Waals surface area contributed by atoms with Crippen LogP contribution in [0.3, 0.4) is 0 Å². The number of carbonyl (C=O) groups is 1. The van der Waals surface area contributed by atoms with Crippen LogP contribution in [0.1, 0.15) is 31.0 Å². The van der Waals surface area contributed by atoms with E-state index in [1.165, 1.54) is 11.8 Å². The number of likely N-dealkylation sites (N-methyl/N-ethyl adjacent to an activating group) is 1. The molecule has 1 amide bonds. The van der Waals surface area contributed by atoms with Gasteiger partial charge >= 0.3 is 0 Å². The standard InChI is InChI=1S/C25H32N8OS/c1-4-20-22(27-21-15-16(2)30-31-21)28-25(29-23(20)33-13-11-32(3)12-14-33)35-19-9-7-18(8-10-19)26-24(34)17-5-6-17/h7-10,15,17H,4-6,11-14H2,1-3H3,(H,26,34)(H2,27,28,29,30,31). The van der Waals surface area contributed by atoms with Crippen molar-refractivity contribution in [1.29, 1.82) is 0 Å². The molecule has 5 rings (SSSR count). The molecule has 1 aromatic carbocycles. The van der Waals surface area contributed by atoms with Crippen molar-refractivity contribution < 1.29 is 4.79 Å². The van der Waals surface area contributed by atoms with Gasteiger partial charge in [0.25, 0.3) is 0 Å². The summed E-state index contributed by atoms with van der Waals surface area (Å²) in [7, 11) is 2.16. The van der Waals surface area contributed by atoms with Crippen molar-refractivity contribution in [3.8, 4) is 0 Å². The summed E-state index contributed by atoms with van der Waals surface area (Å²) in [6, 6.07) is 9.86. The minimum Gasteiger partial charge on any atom is -0.354 e. The lowest BCUT2D eigenvalue weighted by Gasteiger charge is -2.34. The maximum atomic E-state index is 12.0. The summed E-state index contributed by atoms with van der Waals surface area (Å²) in [6.45, 7) is 7.99. The van der Waals surface area contributed by atoms with Gasteiger partial charge in [-0.1, -0.05) is 6.92 Å². The summed E-state index contributed by atoms with van der Waals surface area (Å²) < 4.78 is 0. The third-order valence-corrected chi connectivity index (χ3v) is 7.23. The van der Waals surface area contributed by atoms with Gasteiger partial charge in [-0.15, -0.1) is 0 Å². The number of piperazine rings is 1. The van der Waals surface area contributed by atoms with Crippen molar-refractivity contribution in [2.24, 2.45) is 5.92 Å². The molecular weight excluding hydrogens is 460 g/mol. The van der Waals surface area contributed by atoms with Gasteiger partial charge in [0.1, 0.15) is 11.6 Å². The van der Waals surface area contributed by atoms with Gasteiger partial charge in [-0.25, -0.2) is 9.97 Å². The first-order valence-electron chi connectivity index (χ1n) is 12.2. The number of nitrogens with one attached hydrogen (secondary N) is 3. The quantitative estimate of drug-likeness (QED) is 0.405. The molecule has 35 heavy (non-hydrogen) atoms. The van der Waals surface area contributed by atoms with E-state index in [-0.39, 0.29) is 11.8 Å². The summed E-state index contributed by atoms with van der Waals surface area (Å²) in [5.74, 6) is 2.82. The topological polar surface area (TPSA) is 102 Å². The SMILES string of the molecule is CCc1c(Nc2cc(C)[nH]n2)nc(Sc2ccc(NC(=O)C3CC3)cc2)nc1N1CCN(C)CC1. The number of anilines is 4. The first kappa shape index (κ1) is 23.6. The monoisotopic (exact) mass is 492 g/mol. The van der Waals surface area contributed by atoms with E-state index in [0.29, 0.717) is 5.16 Å². The molecule has 0 unspecified atom stereocenters. The number of H-pyrrole nitrogens is 1. The molecule has 1 aliphatic carbocycles. The Morgan fingerprint density at radius 3 is 2.51 bits per heavy atom. The summed E-state index contributed by atoms with van der Waals surface area (Å²) in [6.07, 6.45) is 2.80. The number of nitrogens with zero attached hydrogens (tertiary/aromatic N) is 5. The number of amides is 1. The van der Waals surface area contributed by atoms with Gasteiger partial charge in [-0.3, -0.25) is 9.89 Å². The Morgan fingerprint density at radius 2 is 1.89 bits per heavy atom. The molecule has 10 heteroatoms. The number of benzene rings is 1. The molecule has 184 valence electrons. The Hall–Kier alpha value is -3.11. The molecule has 2 fully saturated rings. The minimum atomic E-state index is 0.116. The number of aromatic nitrogens is 4. The minimum absolute atomic E-state index is 0.116. The molecule has 0 radical (unpaired) electrons. The first-order valence-corrected chi connectivity index (χ1v) is 13.0. The highest BCUT2D eigenvalue weighted by atomic mass is 32.2. The normalized spacial score (nSPS) is 16.4. The molecule has 1 saturated carbocycles. The Balaban J connectivity index is 1.42. The van der Waals surface area contributed by atoms with E-state index in [1.807, 2.05) is 37.3 Å². The zero-order valence-corrected chi connectivity index (χ0v) is 21.3. The fraction of sp³-hybridized carbons (Fsp3) is 0.440. The van der Waals surface area contributed by atoms with E-state index in [1.54, 1.807) is 0 Å². The maximum absolute atomic E-state index is 12.0. The summed E-state index contributed by atoms with van der Waals surface area (Å²) in [5, 5.41) is 14.4. The van der Waals surface area contributed by atoms with E-state index in [2.05, 4.69) is 44.6 Å². The van der Waals surface area contributed by atoms with Gasteiger partial charge in [0.2, 0.25) is 5.91 Å². The van der Waals surface area contributed by atoms with Crippen LogP contribution in [0, 0.1) is 12.8 Å². The van der Waals surface area contributed by atoms with Crippen LogP contribution in [0.4, 0.5) is 23.1 Å². The third kappa shape index (κ3) is 5.76. The Bertz CT molecular complexity index is 1180. The predicted octanol–water partition coefficient (Wildman–Crippen LogP) is 4.07. The molecule has 2 aromatic heterocycles. The predicted molar refractivity (Wildman–Crippen MR) is 140 cm³/mol. The molecule has 0 spiro atoms. The number of hydrogen-bond acceptors (Lipinski definition) is 8. The van der Waals surface area contributed by atoms with Crippen molar-refractivity contribution in [3.63, 3.8) is 0 Å². The average Bonchev–Trinajstić information content (AvgIpc) is 3.63. The molecule has 0 atom stereocenters. The Morgan fingerprint density at radius 1 is 1.14 bits per heavy atom. The van der Waals surface area contributed by atoms with Crippen LogP contribution in [0.2, 0.25) is 0 Å². The van der Waals surface area contributed by atoms with E-state index in [9.17, 15) is 4.79 Å². The fourth-order valence-electron chi connectivity index (χ4n) is 4.11. The second-order valence-corrected chi connectivity index (χ2v) is 10.3. The largest absolute Gasteiger partial charge is 0.354 e. The van der Waals surface area contributed by atoms with Crippen molar-refractivity contribution >= 4 is 40.8 Å². The van der Waals surface area contributed by atoms with Crippen LogP contribution in [0.15, 0.2) is 40.4 Å². The highest BCUT2D eigenvalue weighted by Crippen LogP contribution is 2.34. The van der Waals surface area contributed by atoms with Crippen molar-refractivity contribution in [2.75, 3.05) is 48.8 Å². The van der Waals surface area contributed by atoms with Gasteiger partial charge in [0, 0.05) is 60.0 Å². The van der Waals surface area contributed by atoms with Crippen LogP contribution in [0.25, 0.3) is 0 Å². The zero-order chi connectivity index (χ0) is 24.4. The molecule has 3 heterocycles. The lowest BCUT2D eigenvalue weighted by Crippen LogP contribution is -2.45. The first-order chi connectivity index (χ1) is 17.0. The third-order valence-electron chi connectivity index (χ3n) is 6.35. The van der Waals surface area contributed by atoms with Gasteiger partial charge in [0.05, 0.1) is 0 Å². The van der Waals surface area contributed by atoms with Gasteiger partial charge < -0.3 is 20.4 Å². The number of aryl methyl sites for hydroxylation is 1. The summed E-state index contributed by atoms with van der Waals surface area (Å²) >= 11 is 1.52. The number of rotatable bonds is 8. The number of aromatic amines is 1. The van der Waals surface area contributed by atoms with E-state index in [0.717, 1.165) is 84.7 Å². The van der Waals surface area contributed by atoms with Crippen LogP contribution >= 0.6 is 11.8 Å². The number of carbonyl (C=O) groups excluding carboxylic acids is 1. The molecule has 9 nitrogen and oxygen atoms in total. The van der Waals surface area contributed by atoms with E-state index in [4.69, 9.17) is 9.97 Å². The van der Waals surface area contributed by atoms with Gasteiger partial charge in [0.15, 0.2) is 11.0 Å². The average molecular weight is 493 g/mol. The summed E-state index contributed by atoms with van der Waals surface area (Å²) in [4.78, 5) is 27.7. The Kier molecular flexibility index (Phi) is 6.92. The van der Waals surface area contributed by atoms with E-state index >= 15 is 0 Å². The van der Waals surface area contributed by atoms with Gasteiger partial charge in [-0.2, -0.15) is 5.10 Å². The molecule has 1 saturated heterocycles. The molecule has 1 aliphatic heterocycles. The fourth-order valence-corrected chi connectivity index (χ4v) is 4.86. The highest BCUT2D eigenvalue weighted by molar-refractivity contribution is 7.99. The smallest absolute Gasteiger partial charge is 0.227 e. The lowest BCUT2D eigenvalue weighted by molar-refractivity contribution is -0.117. The van der Waals surface area contributed by atoms with Crippen molar-refractivity contribution in [2.45, 2.75) is 43.2 Å². The molecule has 3 N–H and O–H groups in total. The van der Waals surface area contributed by atoms with Crippen LogP contribution in [-0.4, -0.2) is 64.2 Å². The van der Waals surface area contributed by atoms with Crippen LogP contribution < -0.4 is 15.5 Å². The number of hydrogen-bond donors (Lipinski definition) is 3. The Labute approximate surface area is 210 Å². The molecule has 2 aliphatic rings.